The number of rotatable bonds is 4. The lowest BCUT2D eigenvalue weighted by molar-refractivity contribution is 0.0951. The molecule has 0 atom stereocenters. The fourth-order valence-electron chi connectivity index (χ4n) is 2.60. The van der Waals surface area contributed by atoms with Crippen molar-refractivity contribution in [2.45, 2.75) is 38.5 Å². The van der Waals surface area contributed by atoms with Gasteiger partial charge in [0.15, 0.2) is 0 Å². The van der Waals surface area contributed by atoms with Gasteiger partial charge in [0.1, 0.15) is 5.15 Å². The van der Waals surface area contributed by atoms with Crippen molar-refractivity contribution >= 4 is 23.2 Å². The summed E-state index contributed by atoms with van der Waals surface area (Å²) in [6.07, 6.45) is 9.05. The summed E-state index contributed by atoms with van der Waals surface area (Å²) in [4.78, 5) is 15.8. The molecule has 1 aromatic rings. The van der Waals surface area contributed by atoms with Crippen LogP contribution >= 0.6 is 11.6 Å². The maximum Gasteiger partial charge on any atom is 0.253 e. The molecule has 0 bridgehead atoms. The van der Waals surface area contributed by atoms with Gasteiger partial charge in [-0.2, -0.15) is 0 Å². The van der Waals surface area contributed by atoms with E-state index in [4.69, 9.17) is 17.3 Å². The fourth-order valence-corrected chi connectivity index (χ4v) is 2.76. The third-order valence-corrected chi connectivity index (χ3v) is 3.92. The van der Waals surface area contributed by atoms with Crippen molar-refractivity contribution in [1.29, 1.82) is 0 Å². The number of pyridine rings is 1. The minimum atomic E-state index is -0.169. The maximum absolute atomic E-state index is 12.0. The van der Waals surface area contributed by atoms with Crippen molar-refractivity contribution in [3.8, 4) is 0 Å². The first-order valence-corrected chi connectivity index (χ1v) is 7.24. The van der Waals surface area contributed by atoms with Gasteiger partial charge in [0.2, 0.25) is 0 Å². The van der Waals surface area contributed by atoms with Crippen molar-refractivity contribution in [2.75, 3.05) is 12.3 Å². The van der Waals surface area contributed by atoms with Gasteiger partial charge in [-0.3, -0.25) is 4.79 Å². The van der Waals surface area contributed by atoms with Crippen LogP contribution in [-0.4, -0.2) is 17.4 Å². The number of amides is 1. The van der Waals surface area contributed by atoms with Gasteiger partial charge in [0, 0.05) is 6.54 Å². The molecule has 3 N–H and O–H groups in total. The Morgan fingerprint density at radius 3 is 2.89 bits per heavy atom. The molecule has 19 heavy (non-hydrogen) atoms. The first-order chi connectivity index (χ1) is 9.16. The van der Waals surface area contributed by atoms with Gasteiger partial charge in [-0.1, -0.05) is 43.7 Å². The fraction of sp³-hybridized carbons (Fsp3) is 0.571. The number of nitrogen functional groups attached to an aromatic ring is 1. The Kier molecular flexibility index (Phi) is 5.02. The molecule has 0 saturated heterocycles. The van der Waals surface area contributed by atoms with Gasteiger partial charge in [-0.15, -0.1) is 0 Å². The van der Waals surface area contributed by atoms with E-state index in [1.54, 1.807) is 0 Å². The van der Waals surface area contributed by atoms with Crippen LogP contribution in [0, 0.1) is 5.92 Å². The third-order valence-electron chi connectivity index (χ3n) is 3.71. The maximum atomic E-state index is 12.0. The molecule has 5 heteroatoms. The Labute approximate surface area is 118 Å². The highest BCUT2D eigenvalue weighted by atomic mass is 35.5. The van der Waals surface area contributed by atoms with Gasteiger partial charge in [-0.05, 0) is 18.4 Å². The van der Waals surface area contributed by atoms with E-state index in [1.807, 2.05) is 0 Å². The number of nitrogens with one attached hydrogen (secondary N) is 1. The van der Waals surface area contributed by atoms with E-state index in [9.17, 15) is 4.79 Å². The summed E-state index contributed by atoms with van der Waals surface area (Å²) in [5, 5.41) is 3.19. The summed E-state index contributed by atoms with van der Waals surface area (Å²) < 4.78 is 0. The second-order valence-electron chi connectivity index (χ2n) is 5.14. The molecule has 0 spiro atoms. The molecule has 0 aliphatic heterocycles. The Morgan fingerprint density at radius 2 is 2.16 bits per heavy atom. The molecule has 2 rings (SSSR count). The number of halogens is 1. The van der Waals surface area contributed by atoms with Crippen LogP contribution in [0.1, 0.15) is 48.9 Å². The molecule has 1 saturated carbocycles. The molecule has 0 aromatic carbocycles. The molecule has 1 fully saturated rings. The lowest BCUT2D eigenvalue weighted by Crippen LogP contribution is -2.27. The van der Waals surface area contributed by atoms with E-state index >= 15 is 0 Å². The standard InChI is InChI=1S/C14H20ClN3O/c15-13-8-11(12(16)9-18-13)14(19)17-7-6-10-4-2-1-3-5-10/h8-10H,1-7,16H2,(H,17,19). The van der Waals surface area contributed by atoms with Crippen molar-refractivity contribution in [3.05, 3.63) is 23.0 Å². The van der Waals surface area contributed by atoms with Crippen molar-refractivity contribution in [1.82, 2.24) is 10.3 Å². The highest BCUT2D eigenvalue weighted by Crippen LogP contribution is 2.25. The van der Waals surface area contributed by atoms with E-state index in [0.29, 0.717) is 17.8 Å². The molecular formula is C14H20ClN3O. The summed E-state index contributed by atoms with van der Waals surface area (Å²) in [6.45, 7) is 0.697. The number of aromatic nitrogens is 1. The smallest absolute Gasteiger partial charge is 0.253 e. The number of nitrogens with zero attached hydrogens (tertiary/aromatic N) is 1. The zero-order valence-corrected chi connectivity index (χ0v) is 11.7. The zero-order chi connectivity index (χ0) is 13.7. The zero-order valence-electron chi connectivity index (χ0n) is 11.0. The van der Waals surface area contributed by atoms with Crippen LogP contribution in [0.5, 0.6) is 0 Å². The van der Waals surface area contributed by atoms with Crippen LogP contribution in [0.15, 0.2) is 12.3 Å². The Bertz CT molecular complexity index is 444. The average molecular weight is 282 g/mol. The summed E-state index contributed by atoms with van der Waals surface area (Å²) >= 11 is 5.77. The normalized spacial score (nSPS) is 16.3. The minimum absolute atomic E-state index is 0.169. The van der Waals surface area contributed by atoms with E-state index in [0.717, 1.165) is 12.3 Å². The third kappa shape index (κ3) is 4.10. The average Bonchev–Trinajstić information content (AvgIpc) is 2.42. The molecule has 4 nitrogen and oxygen atoms in total. The number of hydrogen-bond donors (Lipinski definition) is 2. The first-order valence-electron chi connectivity index (χ1n) is 6.86. The lowest BCUT2D eigenvalue weighted by Gasteiger charge is -2.21. The molecule has 1 aliphatic carbocycles. The summed E-state index contributed by atoms with van der Waals surface area (Å²) in [6, 6.07) is 1.51. The molecular weight excluding hydrogens is 262 g/mol. The summed E-state index contributed by atoms with van der Waals surface area (Å²) in [5.41, 5.74) is 6.49. The molecule has 104 valence electrons. The van der Waals surface area contributed by atoms with Gasteiger partial charge in [-0.25, -0.2) is 4.98 Å². The second-order valence-corrected chi connectivity index (χ2v) is 5.53. The first kappa shape index (κ1) is 14.1. The summed E-state index contributed by atoms with van der Waals surface area (Å²) in [7, 11) is 0. The Balaban J connectivity index is 1.82. The summed E-state index contributed by atoms with van der Waals surface area (Å²) in [5.74, 6) is 0.588. The molecule has 1 amide bonds. The SMILES string of the molecule is Nc1cnc(Cl)cc1C(=O)NCCC1CCCCC1. The van der Waals surface area contributed by atoms with Gasteiger partial charge in [0.05, 0.1) is 17.4 Å². The van der Waals surface area contributed by atoms with Crippen LogP contribution in [0.2, 0.25) is 5.15 Å². The number of anilines is 1. The minimum Gasteiger partial charge on any atom is -0.397 e. The van der Waals surface area contributed by atoms with Gasteiger partial charge < -0.3 is 11.1 Å². The Hall–Kier alpha value is -1.29. The van der Waals surface area contributed by atoms with Crippen LogP contribution in [0.3, 0.4) is 0 Å². The predicted molar refractivity (Wildman–Crippen MR) is 77.2 cm³/mol. The van der Waals surface area contributed by atoms with Crippen molar-refractivity contribution in [3.63, 3.8) is 0 Å². The second kappa shape index (κ2) is 6.75. The van der Waals surface area contributed by atoms with Crippen molar-refractivity contribution < 1.29 is 4.79 Å². The topological polar surface area (TPSA) is 68.0 Å². The number of nitrogens with two attached hydrogens (primary N) is 1. The highest BCUT2D eigenvalue weighted by Gasteiger charge is 2.14. The number of carbonyl (C=O) groups is 1. The van der Waals surface area contributed by atoms with E-state index in [2.05, 4.69) is 10.3 Å². The van der Waals surface area contributed by atoms with Crippen LogP contribution in [0.4, 0.5) is 5.69 Å². The molecule has 1 aromatic heterocycles. The molecule has 0 radical (unpaired) electrons. The molecule has 0 unspecified atom stereocenters. The van der Waals surface area contributed by atoms with Crippen LogP contribution in [0.25, 0.3) is 0 Å². The van der Waals surface area contributed by atoms with Gasteiger partial charge in [0.25, 0.3) is 5.91 Å². The molecule has 1 heterocycles. The number of carbonyl (C=O) groups excluding carboxylic acids is 1. The van der Waals surface area contributed by atoms with Crippen LogP contribution in [-0.2, 0) is 0 Å². The Morgan fingerprint density at radius 1 is 1.42 bits per heavy atom. The van der Waals surface area contributed by atoms with E-state index in [-0.39, 0.29) is 11.1 Å². The lowest BCUT2D eigenvalue weighted by atomic mass is 9.87. The van der Waals surface area contributed by atoms with Crippen LogP contribution < -0.4 is 11.1 Å². The number of hydrogen-bond acceptors (Lipinski definition) is 3. The monoisotopic (exact) mass is 281 g/mol. The van der Waals surface area contributed by atoms with E-state index < -0.39 is 0 Å². The predicted octanol–water partition coefficient (Wildman–Crippen LogP) is 3.02. The van der Waals surface area contributed by atoms with Gasteiger partial charge >= 0.3 is 0 Å². The van der Waals surface area contributed by atoms with E-state index in [1.165, 1.54) is 44.4 Å². The molecule has 1 aliphatic rings. The van der Waals surface area contributed by atoms with Crippen molar-refractivity contribution in [2.24, 2.45) is 5.92 Å². The highest BCUT2D eigenvalue weighted by molar-refractivity contribution is 6.29. The quantitative estimate of drug-likeness (QED) is 0.834. The largest absolute Gasteiger partial charge is 0.397 e.